The number of aryl methyl sites for hydroxylation is 3. The lowest BCUT2D eigenvalue weighted by Crippen LogP contribution is -2.53. The normalized spacial score (nSPS) is 20.7. The van der Waals surface area contributed by atoms with Gasteiger partial charge in [-0.2, -0.15) is 18.3 Å². The average molecular weight is 456 g/mol. The van der Waals surface area contributed by atoms with E-state index in [4.69, 9.17) is 14.3 Å². The molecule has 2 N–H and O–H groups in total. The predicted octanol–water partition coefficient (Wildman–Crippen LogP) is 2.90. The number of amides is 1. The topological polar surface area (TPSA) is 101 Å². The molecule has 2 saturated heterocycles. The van der Waals surface area contributed by atoms with Crippen LogP contribution in [-0.2, 0) is 23.2 Å². The smallest absolute Gasteiger partial charge is 0.475 e. The van der Waals surface area contributed by atoms with Gasteiger partial charge in [0.1, 0.15) is 11.5 Å². The summed E-state index contributed by atoms with van der Waals surface area (Å²) in [5.41, 5.74) is 2.26. The fourth-order valence-electron chi connectivity index (χ4n) is 4.39. The second kappa shape index (κ2) is 8.97. The van der Waals surface area contributed by atoms with Gasteiger partial charge in [0.15, 0.2) is 0 Å². The number of carbonyl (C=O) groups excluding carboxylic acids is 1. The number of alkyl halides is 3. The van der Waals surface area contributed by atoms with E-state index < -0.39 is 12.1 Å². The van der Waals surface area contributed by atoms with E-state index in [2.05, 4.69) is 28.3 Å². The Hall–Kier alpha value is -2.82. The lowest BCUT2D eigenvalue weighted by molar-refractivity contribution is -0.192. The molecule has 0 aliphatic carbocycles. The number of hydrogen-bond donors (Lipinski definition) is 2. The third-order valence-corrected chi connectivity index (χ3v) is 6.16. The van der Waals surface area contributed by atoms with Crippen molar-refractivity contribution in [3.63, 3.8) is 0 Å². The first-order valence-corrected chi connectivity index (χ1v) is 10.3. The molecule has 0 radical (unpaired) electrons. The maximum absolute atomic E-state index is 12.2. The SMILES string of the molecule is Cc1cc(CN2CCC3(CC2)NC(=O)CC3c2cnn(C)c2)oc1C.O=C(O)C(F)(F)F. The van der Waals surface area contributed by atoms with Crippen molar-refractivity contribution in [2.24, 2.45) is 7.05 Å². The van der Waals surface area contributed by atoms with Crippen LogP contribution < -0.4 is 5.32 Å². The van der Waals surface area contributed by atoms with Crippen LogP contribution in [0.15, 0.2) is 22.9 Å². The van der Waals surface area contributed by atoms with Crippen molar-refractivity contribution in [2.75, 3.05) is 13.1 Å². The number of carbonyl (C=O) groups is 2. The highest BCUT2D eigenvalue weighted by atomic mass is 19.4. The Morgan fingerprint density at radius 1 is 1.34 bits per heavy atom. The molecule has 2 aliphatic rings. The van der Waals surface area contributed by atoms with Gasteiger partial charge in [-0.25, -0.2) is 4.79 Å². The van der Waals surface area contributed by atoms with Crippen LogP contribution in [0.5, 0.6) is 0 Å². The molecule has 11 heteroatoms. The fraction of sp³-hybridized carbons (Fsp3) is 0.571. The minimum Gasteiger partial charge on any atom is -0.475 e. The van der Waals surface area contributed by atoms with Gasteiger partial charge in [-0.3, -0.25) is 14.4 Å². The third kappa shape index (κ3) is 5.32. The first-order valence-electron chi connectivity index (χ1n) is 10.3. The lowest BCUT2D eigenvalue weighted by atomic mass is 9.75. The number of nitrogens with zero attached hydrogens (tertiary/aromatic N) is 3. The number of hydrogen-bond acceptors (Lipinski definition) is 5. The van der Waals surface area contributed by atoms with Gasteiger partial charge in [0.05, 0.1) is 12.7 Å². The zero-order valence-corrected chi connectivity index (χ0v) is 18.2. The molecule has 2 fully saturated rings. The summed E-state index contributed by atoms with van der Waals surface area (Å²) in [6.45, 7) is 6.87. The largest absolute Gasteiger partial charge is 0.490 e. The van der Waals surface area contributed by atoms with Gasteiger partial charge in [0.2, 0.25) is 5.91 Å². The van der Waals surface area contributed by atoms with E-state index >= 15 is 0 Å². The summed E-state index contributed by atoms with van der Waals surface area (Å²) in [4.78, 5) is 23.5. The molecular weight excluding hydrogens is 429 g/mol. The van der Waals surface area contributed by atoms with Gasteiger partial charge in [-0.05, 0) is 43.9 Å². The Labute approximate surface area is 183 Å². The van der Waals surface area contributed by atoms with Crippen LogP contribution in [0.25, 0.3) is 0 Å². The first-order chi connectivity index (χ1) is 14.9. The van der Waals surface area contributed by atoms with E-state index in [0.717, 1.165) is 44.0 Å². The second-order valence-electron chi connectivity index (χ2n) is 8.44. The number of carboxylic acid groups (broad SMARTS) is 1. The summed E-state index contributed by atoms with van der Waals surface area (Å²) in [6.07, 6.45) is 1.39. The van der Waals surface area contributed by atoms with Crippen molar-refractivity contribution < 1.29 is 32.3 Å². The van der Waals surface area contributed by atoms with Crippen LogP contribution >= 0.6 is 0 Å². The van der Waals surface area contributed by atoms with Crippen molar-refractivity contribution in [3.05, 3.63) is 41.1 Å². The number of nitrogens with one attached hydrogen (secondary N) is 1. The average Bonchev–Trinajstić information content (AvgIpc) is 3.35. The van der Waals surface area contributed by atoms with Gasteiger partial charge in [0.25, 0.3) is 0 Å². The molecule has 4 heterocycles. The summed E-state index contributed by atoms with van der Waals surface area (Å²) in [7, 11) is 1.93. The number of carboxylic acids is 1. The standard InChI is InChI=1S/C19H26N4O2.C2HF3O2/c1-13-8-16(25-14(13)2)12-23-6-4-19(5-7-23)17(9-18(24)21-19)15-10-20-22(3)11-15;3-2(4,5)1(6)7/h8,10-11,17H,4-7,9,12H2,1-3H3,(H,21,24);(H,6,7). The Balaban J connectivity index is 0.000000360. The van der Waals surface area contributed by atoms with E-state index in [0.29, 0.717) is 6.42 Å². The highest BCUT2D eigenvalue weighted by Crippen LogP contribution is 2.43. The van der Waals surface area contributed by atoms with Crippen LogP contribution in [-0.4, -0.2) is 56.5 Å². The van der Waals surface area contributed by atoms with E-state index in [1.807, 2.05) is 31.0 Å². The number of piperidine rings is 1. The van der Waals surface area contributed by atoms with Crippen molar-refractivity contribution in [3.8, 4) is 0 Å². The van der Waals surface area contributed by atoms with Crippen LogP contribution in [0.4, 0.5) is 13.2 Å². The second-order valence-corrected chi connectivity index (χ2v) is 8.44. The van der Waals surface area contributed by atoms with Crippen molar-refractivity contribution in [2.45, 2.75) is 57.3 Å². The summed E-state index contributed by atoms with van der Waals surface area (Å²) < 4.78 is 39.4. The summed E-state index contributed by atoms with van der Waals surface area (Å²) >= 11 is 0. The van der Waals surface area contributed by atoms with Crippen LogP contribution in [0.3, 0.4) is 0 Å². The van der Waals surface area contributed by atoms with Gasteiger partial charge >= 0.3 is 12.1 Å². The number of rotatable bonds is 3. The van der Waals surface area contributed by atoms with Crippen molar-refractivity contribution >= 4 is 11.9 Å². The molecule has 2 aliphatic heterocycles. The maximum Gasteiger partial charge on any atom is 0.490 e. The minimum absolute atomic E-state index is 0.119. The molecule has 1 atom stereocenters. The number of furan rings is 1. The number of halogens is 3. The fourth-order valence-corrected chi connectivity index (χ4v) is 4.39. The highest BCUT2D eigenvalue weighted by molar-refractivity contribution is 5.81. The van der Waals surface area contributed by atoms with Gasteiger partial charge in [-0.15, -0.1) is 0 Å². The molecule has 4 rings (SSSR count). The van der Waals surface area contributed by atoms with E-state index in [9.17, 15) is 18.0 Å². The first kappa shape index (κ1) is 23.8. The Kier molecular flexibility index (Phi) is 6.68. The van der Waals surface area contributed by atoms with Crippen LogP contribution in [0.1, 0.15) is 47.8 Å². The molecule has 1 spiro atoms. The van der Waals surface area contributed by atoms with Gasteiger partial charge < -0.3 is 14.8 Å². The highest BCUT2D eigenvalue weighted by Gasteiger charge is 2.49. The quantitative estimate of drug-likeness (QED) is 0.737. The lowest BCUT2D eigenvalue weighted by Gasteiger charge is -2.42. The van der Waals surface area contributed by atoms with E-state index in [-0.39, 0.29) is 17.4 Å². The molecule has 176 valence electrons. The Morgan fingerprint density at radius 2 is 1.97 bits per heavy atom. The summed E-state index contributed by atoms with van der Waals surface area (Å²) in [6, 6.07) is 2.13. The number of aromatic nitrogens is 2. The predicted molar refractivity (Wildman–Crippen MR) is 108 cm³/mol. The molecule has 0 bridgehead atoms. The van der Waals surface area contributed by atoms with Crippen LogP contribution in [0.2, 0.25) is 0 Å². The molecule has 0 aromatic carbocycles. The summed E-state index contributed by atoms with van der Waals surface area (Å²) in [5.74, 6) is -0.329. The van der Waals surface area contributed by atoms with Crippen LogP contribution in [0, 0.1) is 13.8 Å². The van der Waals surface area contributed by atoms with Gasteiger partial charge in [-0.1, -0.05) is 0 Å². The molecule has 32 heavy (non-hydrogen) atoms. The Bertz CT molecular complexity index is 955. The minimum atomic E-state index is -5.08. The van der Waals surface area contributed by atoms with Crippen molar-refractivity contribution in [1.82, 2.24) is 20.0 Å². The molecule has 0 saturated carbocycles. The Morgan fingerprint density at radius 3 is 2.44 bits per heavy atom. The van der Waals surface area contributed by atoms with Crippen molar-refractivity contribution in [1.29, 1.82) is 0 Å². The monoisotopic (exact) mass is 456 g/mol. The van der Waals surface area contributed by atoms with E-state index in [1.165, 1.54) is 11.1 Å². The molecular formula is C21H27F3N4O4. The van der Waals surface area contributed by atoms with Gasteiger partial charge in [0, 0.05) is 44.2 Å². The molecule has 1 unspecified atom stereocenters. The zero-order chi connectivity index (χ0) is 23.7. The number of likely N-dealkylation sites (tertiary alicyclic amines) is 1. The molecule has 8 nitrogen and oxygen atoms in total. The van der Waals surface area contributed by atoms with E-state index in [1.54, 1.807) is 0 Å². The number of aliphatic carboxylic acids is 1. The molecule has 1 amide bonds. The zero-order valence-electron chi connectivity index (χ0n) is 18.2. The summed E-state index contributed by atoms with van der Waals surface area (Å²) in [5, 5.41) is 14.7. The third-order valence-electron chi connectivity index (χ3n) is 6.16. The molecule has 2 aromatic rings. The maximum atomic E-state index is 12.2. The molecule has 2 aromatic heterocycles.